The third-order valence-corrected chi connectivity index (χ3v) is 3.29. The van der Waals surface area contributed by atoms with Gasteiger partial charge in [0.25, 0.3) is 0 Å². The average molecular weight is 278 g/mol. The van der Waals surface area contributed by atoms with Gasteiger partial charge in [-0.25, -0.2) is 4.39 Å². The molecule has 21 heavy (non-hydrogen) atoms. The molecule has 0 saturated heterocycles. The molecule has 3 heteroatoms. The largest absolute Gasteiger partial charge is 0.355 e. The third-order valence-electron chi connectivity index (χ3n) is 3.29. The smallest absolute Gasteiger partial charge is 0.123 e. The van der Waals surface area contributed by atoms with E-state index < -0.39 is 0 Å². The van der Waals surface area contributed by atoms with Crippen molar-refractivity contribution in [2.45, 2.75) is 6.92 Å². The Labute approximate surface area is 123 Å². The van der Waals surface area contributed by atoms with E-state index in [2.05, 4.69) is 10.3 Å². The Morgan fingerprint density at radius 1 is 0.905 bits per heavy atom. The molecule has 0 atom stereocenters. The number of aryl methyl sites for hydroxylation is 1. The lowest BCUT2D eigenvalue weighted by atomic mass is 10.0. The number of aromatic nitrogens is 1. The molecule has 0 aliphatic rings. The van der Waals surface area contributed by atoms with Gasteiger partial charge in [-0.05, 0) is 55.0 Å². The summed E-state index contributed by atoms with van der Waals surface area (Å²) in [5, 5.41) is 3.33. The molecule has 0 aliphatic carbocycles. The number of rotatable bonds is 3. The first-order valence-corrected chi connectivity index (χ1v) is 6.77. The van der Waals surface area contributed by atoms with E-state index in [1.807, 2.05) is 49.4 Å². The summed E-state index contributed by atoms with van der Waals surface area (Å²) < 4.78 is 13.2. The van der Waals surface area contributed by atoms with Crippen molar-refractivity contribution < 1.29 is 4.39 Å². The molecule has 2 nitrogen and oxygen atoms in total. The summed E-state index contributed by atoms with van der Waals surface area (Å²) in [7, 11) is 0. The number of hydrogen-bond donors (Lipinski definition) is 1. The number of anilines is 2. The van der Waals surface area contributed by atoms with Crippen molar-refractivity contribution in [2.75, 3.05) is 5.32 Å². The van der Waals surface area contributed by atoms with Gasteiger partial charge in [-0.2, -0.15) is 0 Å². The molecule has 1 N–H and O–H groups in total. The van der Waals surface area contributed by atoms with Crippen molar-refractivity contribution >= 4 is 11.4 Å². The van der Waals surface area contributed by atoms with E-state index >= 15 is 0 Å². The van der Waals surface area contributed by atoms with Gasteiger partial charge in [-0.15, -0.1) is 0 Å². The minimum Gasteiger partial charge on any atom is -0.355 e. The summed E-state index contributed by atoms with van der Waals surface area (Å²) in [5.74, 6) is -0.227. The Balaban J connectivity index is 1.93. The highest BCUT2D eigenvalue weighted by Gasteiger charge is 2.05. The minimum atomic E-state index is -0.227. The van der Waals surface area contributed by atoms with Crippen LogP contribution in [0.3, 0.4) is 0 Å². The summed E-state index contributed by atoms with van der Waals surface area (Å²) in [6, 6.07) is 18.6. The predicted octanol–water partition coefficient (Wildman–Crippen LogP) is 4.94. The molecule has 0 saturated carbocycles. The Hall–Kier alpha value is -2.68. The first kappa shape index (κ1) is 13.3. The van der Waals surface area contributed by atoms with Crippen molar-refractivity contribution in [2.24, 2.45) is 0 Å². The van der Waals surface area contributed by atoms with E-state index in [-0.39, 0.29) is 5.82 Å². The molecule has 3 aromatic rings. The standard InChI is InChI=1S/C18H15FN2/c1-13-11-14(19)7-8-17(13)18-12-16(9-10-20-18)21-15-5-3-2-4-6-15/h2-12H,1H3,(H,20,21). The first-order valence-electron chi connectivity index (χ1n) is 6.77. The number of benzene rings is 2. The molecular formula is C18H15FN2. The molecule has 0 spiro atoms. The maximum atomic E-state index is 13.2. The third kappa shape index (κ3) is 3.08. The van der Waals surface area contributed by atoms with Crippen molar-refractivity contribution in [3.8, 4) is 11.3 Å². The van der Waals surface area contributed by atoms with Gasteiger partial charge < -0.3 is 5.32 Å². The molecular weight excluding hydrogens is 263 g/mol. The quantitative estimate of drug-likeness (QED) is 0.734. The number of halogens is 1. The lowest BCUT2D eigenvalue weighted by Gasteiger charge is -2.09. The molecule has 0 amide bonds. The van der Waals surface area contributed by atoms with Crippen LogP contribution in [-0.2, 0) is 0 Å². The maximum Gasteiger partial charge on any atom is 0.123 e. The van der Waals surface area contributed by atoms with Crippen LogP contribution in [-0.4, -0.2) is 4.98 Å². The van der Waals surface area contributed by atoms with Crippen LogP contribution in [0.1, 0.15) is 5.56 Å². The van der Waals surface area contributed by atoms with Crippen LogP contribution < -0.4 is 5.32 Å². The van der Waals surface area contributed by atoms with Gasteiger partial charge in [0.2, 0.25) is 0 Å². The Kier molecular flexibility index (Phi) is 3.65. The number of nitrogens with one attached hydrogen (secondary N) is 1. The fourth-order valence-corrected chi connectivity index (χ4v) is 2.26. The Morgan fingerprint density at radius 2 is 1.71 bits per heavy atom. The van der Waals surface area contributed by atoms with Crippen LogP contribution in [0.15, 0.2) is 66.9 Å². The molecule has 1 aromatic heterocycles. The minimum absolute atomic E-state index is 0.227. The van der Waals surface area contributed by atoms with Crippen LogP contribution >= 0.6 is 0 Å². The highest BCUT2D eigenvalue weighted by atomic mass is 19.1. The fourth-order valence-electron chi connectivity index (χ4n) is 2.26. The number of para-hydroxylation sites is 1. The molecule has 1 heterocycles. The van der Waals surface area contributed by atoms with E-state index in [1.54, 1.807) is 12.3 Å². The zero-order valence-corrected chi connectivity index (χ0v) is 11.7. The van der Waals surface area contributed by atoms with E-state index in [1.165, 1.54) is 12.1 Å². The van der Waals surface area contributed by atoms with E-state index in [0.29, 0.717) is 0 Å². The SMILES string of the molecule is Cc1cc(F)ccc1-c1cc(Nc2ccccc2)ccn1. The van der Waals surface area contributed by atoms with Gasteiger partial charge in [0.1, 0.15) is 5.82 Å². The average Bonchev–Trinajstić information content (AvgIpc) is 2.48. The Morgan fingerprint density at radius 3 is 2.48 bits per heavy atom. The van der Waals surface area contributed by atoms with E-state index in [0.717, 1.165) is 28.2 Å². The monoisotopic (exact) mass is 278 g/mol. The van der Waals surface area contributed by atoms with Gasteiger partial charge in [0.05, 0.1) is 5.69 Å². The van der Waals surface area contributed by atoms with E-state index in [9.17, 15) is 4.39 Å². The van der Waals surface area contributed by atoms with Gasteiger partial charge in [0, 0.05) is 23.1 Å². The van der Waals surface area contributed by atoms with Gasteiger partial charge in [0.15, 0.2) is 0 Å². The van der Waals surface area contributed by atoms with Crippen LogP contribution in [0.4, 0.5) is 15.8 Å². The lowest BCUT2D eigenvalue weighted by Crippen LogP contribution is -1.93. The summed E-state index contributed by atoms with van der Waals surface area (Å²) in [5.41, 5.74) is 4.61. The zero-order chi connectivity index (χ0) is 14.7. The predicted molar refractivity (Wildman–Crippen MR) is 84.1 cm³/mol. The second-order valence-corrected chi connectivity index (χ2v) is 4.88. The number of pyridine rings is 1. The van der Waals surface area contributed by atoms with Gasteiger partial charge >= 0.3 is 0 Å². The van der Waals surface area contributed by atoms with Crippen LogP contribution in [0.2, 0.25) is 0 Å². The summed E-state index contributed by atoms with van der Waals surface area (Å²) >= 11 is 0. The summed E-state index contributed by atoms with van der Waals surface area (Å²) in [6.07, 6.45) is 1.75. The highest BCUT2D eigenvalue weighted by molar-refractivity contribution is 5.69. The molecule has 0 bridgehead atoms. The van der Waals surface area contributed by atoms with Crippen molar-refractivity contribution in [1.29, 1.82) is 0 Å². The number of nitrogens with zero attached hydrogens (tertiary/aromatic N) is 1. The molecule has 104 valence electrons. The first-order chi connectivity index (χ1) is 10.2. The highest BCUT2D eigenvalue weighted by Crippen LogP contribution is 2.25. The second-order valence-electron chi connectivity index (χ2n) is 4.88. The van der Waals surface area contributed by atoms with Crippen LogP contribution in [0, 0.1) is 12.7 Å². The summed E-state index contributed by atoms with van der Waals surface area (Å²) in [4.78, 5) is 4.38. The van der Waals surface area contributed by atoms with Gasteiger partial charge in [-0.3, -0.25) is 4.98 Å². The molecule has 0 aliphatic heterocycles. The molecule has 3 rings (SSSR count). The van der Waals surface area contributed by atoms with Gasteiger partial charge in [-0.1, -0.05) is 18.2 Å². The topological polar surface area (TPSA) is 24.9 Å². The maximum absolute atomic E-state index is 13.2. The van der Waals surface area contributed by atoms with Crippen molar-refractivity contribution in [3.05, 3.63) is 78.2 Å². The molecule has 2 aromatic carbocycles. The molecule has 0 radical (unpaired) electrons. The second kappa shape index (κ2) is 5.75. The van der Waals surface area contributed by atoms with Crippen LogP contribution in [0.5, 0.6) is 0 Å². The zero-order valence-electron chi connectivity index (χ0n) is 11.7. The van der Waals surface area contributed by atoms with E-state index in [4.69, 9.17) is 0 Å². The normalized spacial score (nSPS) is 10.4. The Bertz CT molecular complexity index is 754. The van der Waals surface area contributed by atoms with Crippen molar-refractivity contribution in [3.63, 3.8) is 0 Å². The van der Waals surface area contributed by atoms with Crippen LogP contribution in [0.25, 0.3) is 11.3 Å². The summed E-state index contributed by atoms with van der Waals surface area (Å²) in [6.45, 7) is 1.89. The van der Waals surface area contributed by atoms with Crippen molar-refractivity contribution in [1.82, 2.24) is 4.98 Å². The molecule has 0 unspecified atom stereocenters. The number of hydrogen-bond acceptors (Lipinski definition) is 2. The fraction of sp³-hybridized carbons (Fsp3) is 0.0556. The molecule has 0 fully saturated rings. The lowest BCUT2D eigenvalue weighted by molar-refractivity contribution is 0.627.